The van der Waals surface area contributed by atoms with Crippen molar-refractivity contribution in [2.75, 3.05) is 6.61 Å². The maximum Gasteiger partial charge on any atom is 0.234 e. The molecule has 0 atom stereocenters. The van der Waals surface area contributed by atoms with Gasteiger partial charge in [-0.2, -0.15) is 15.3 Å². The van der Waals surface area contributed by atoms with Gasteiger partial charge in [-0.25, -0.2) is 4.68 Å². The number of carbonyl (C=O) groups excluding carboxylic acids is 1. The highest BCUT2D eigenvalue weighted by atomic mass is 35.5. The van der Waals surface area contributed by atoms with Crippen LogP contribution >= 0.6 is 23.2 Å². The van der Waals surface area contributed by atoms with E-state index in [1.54, 1.807) is 41.1 Å². The second-order valence-corrected chi connectivity index (χ2v) is 8.91. The van der Waals surface area contributed by atoms with Crippen molar-refractivity contribution in [3.05, 3.63) is 106 Å². The van der Waals surface area contributed by atoms with Crippen LogP contribution in [0.3, 0.4) is 0 Å². The summed E-state index contributed by atoms with van der Waals surface area (Å²) in [5.74, 6) is -0.215. The lowest BCUT2D eigenvalue weighted by molar-refractivity contribution is 0.0918. The largest absolute Gasteiger partial charge is 0.468 e. The van der Waals surface area contributed by atoms with Crippen molar-refractivity contribution in [1.29, 1.82) is 5.26 Å². The zero-order chi connectivity index (χ0) is 25.2. The summed E-state index contributed by atoms with van der Waals surface area (Å²) in [4.78, 5) is 17.4. The van der Waals surface area contributed by atoms with Gasteiger partial charge in [0.05, 0.1) is 16.8 Å². The van der Waals surface area contributed by atoms with Crippen molar-refractivity contribution in [1.82, 2.24) is 14.8 Å². The predicted molar refractivity (Wildman–Crippen MR) is 140 cm³/mol. The van der Waals surface area contributed by atoms with E-state index in [-0.39, 0.29) is 23.8 Å². The molecule has 0 fully saturated rings. The highest BCUT2D eigenvalue weighted by molar-refractivity contribution is 6.31. The molecular weight excluding hydrogens is 495 g/mol. The number of nitriles is 1. The quantitative estimate of drug-likeness (QED) is 0.232. The van der Waals surface area contributed by atoms with Crippen LogP contribution in [0.4, 0.5) is 0 Å². The summed E-state index contributed by atoms with van der Waals surface area (Å²) in [5.41, 5.74) is 4.05. The fourth-order valence-corrected chi connectivity index (χ4v) is 4.26. The van der Waals surface area contributed by atoms with E-state index in [0.29, 0.717) is 37.9 Å². The number of fused-ring (bicyclic) bond motifs is 1. The van der Waals surface area contributed by atoms with Crippen LogP contribution in [0.15, 0.2) is 78.9 Å². The first kappa shape index (κ1) is 23.6. The van der Waals surface area contributed by atoms with Gasteiger partial charge >= 0.3 is 0 Å². The van der Waals surface area contributed by atoms with E-state index >= 15 is 0 Å². The number of halogens is 2. The number of para-hydroxylation sites is 1. The molecule has 0 bridgehead atoms. The van der Waals surface area contributed by atoms with Gasteiger partial charge in [-0.1, -0.05) is 53.5 Å². The Balaban J connectivity index is 1.68. The number of rotatable bonds is 6. The molecule has 5 rings (SSSR count). The van der Waals surface area contributed by atoms with Gasteiger partial charge in [0.25, 0.3) is 0 Å². The molecule has 0 saturated carbocycles. The summed E-state index contributed by atoms with van der Waals surface area (Å²) < 4.78 is 7.59. The van der Waals surface area contributed by atoms with Crippen LogP contribution < -0.4 is 4.74 Å². The number of carbonyl (C=O) groups is 1. The third-order valence-electron chi connectivity index (χ3n) is 5.71. The molecule has 0 spiro atoms. The van der Waals surface area contributed by atoms with Crippen molar-refractivity contribution < 1.29 is 9.53 Å². The van der Waals surface area contributed by atoms with Crippen LogP contribution in [-0.2, 0) is 0 Å². The van der Waals surface area contributed by atoms with Gasteiger partial charge < -0.3 is 4.74 Å². The minimum Gasteiger partial charge on any atom is -0.468 e. The summed E-state index contributed by atoms with van der Waals surface area (Å²) in [5, 5.41) is 16.7. The van der Waals surface area contributed by atoms with Crippen molar-refractivity contribution in [3.8, 4) is 28.8 Å². The predicted octanol–water partition coefficient (Wildman–Crippen LogP) is 6.84. The van der Waals surface area contributed by atoms with Gasteiger partial charge in [-0.3, -0.25) is 4.79 Å². The van der Waals surface area contributed by atoms with Crippen molar-refractivity contribution in [2.45, 2.75) is 6.92 Å². The van der Waals surface area contributed by atoms with Crippen LogP contribution in [0.25, 0.3) is 27.8 Å². The normalized spacial score (nSPS) is 10.8. The number of nitrogens with zero attached hydrogens (tertiary/aromatic N) is 4. The highest BCUT2D eigenvalue weighted by Gasteiger charge is 2.24. The third kappa shape index (κ3) is 4.42. The number of ether oxygens (including phenoxy) is 1. The minimum atomic E-state index is -0.298. The van der Waals surface area contributed by atoms with Crippen LogP contribution in [0.2, 0.25) is 10.0 Å². The van der Waals surface area contributed by atoms with Crippen LogP contribution in [0, 0.1) is 18.3 Å². The lowest BCUT2D eigenvalue weighted by Gasteiger charge is -2.13. The summed E-state index contributed by atoms with van der Waals surface area (Å²) >= 11 is 12.1. The molecule has 2 aromatic heterocycles. The standard InChI is InChI=1S/C28H18Cl2N4O2/c1-17-25-26(19-9-13-21(30)14-10-19)23(15-31)28(36-16-24(35)18-7-11-20(29)12-8-18)32-27(25)34(33-17)22-5-3-2-4-6-22/h2-14H,16H2,1H3. The van der Waals surface area contributed by atoms with Gasteiger partial charge in [0.1, 0.15) is 11.6 Å². The molecule has 0 amide bonds. The zero-order valence-electron chi connectivity index (χ0n) is 19.1. The number of Topliss-reactive ketones (excluding diaryl/α,β-unsaturated/α-hetero) is 1. The van der Waals surface area contributed by atoms with E-state index in [0.717, 1.165) is 11.3 Å². The molecule has 0 unspecified atom stereocenters. The molecule has 176 valence electrons. The lowest BCUT2D eigenvalue weighted by Crippen LogP contribution is -2.13. The zero-order valence-corrected chi connectivity index (χ0v) is 20.6. The number of ketones is 1. The molecule has 2 heterocycles. The number of benzene rings is 3. The molecule has 36 heavy (non-hydrogen) atoms. The smallest absolute Gasteiger partial charge is 0.234 e. The van der Waals surface area contributed by atoms with Crippen LogP contribution in [0.1, 0.15) is 21.6 Å². The fourth-order valence-electron chi connectivity index (χ4n) is 4.01. The van der Waals surface area contributed by atoms with Gasteiger partial charge in [-0.15, -0.1) is 0 Å². The lowest BCUT2D eigenvalue weighted by atomic mass is 9.97. The van der Waals surface area contributed by atoms with E-state index in [4.69, 9.17) is 33.0 Å². The van der Waals surface area contributed by atoms with Crippen molar-refractivity contribution in [3.63, 3.8) is 0 Å². The average Bonchev–Trinajstić information content (AvgIpc) is 3.23. The molecule has 0 N–H and O–H groups in total. The summed E-state index contributed by atoms with van der Waals surface area (Å²) in [6, 6.07) is 25.5. The Hall–Kier alpha value is -4.18. The Bertz CT molecular complexity index is 1620. The van der Waals surface area contributed by atoms with E-state index < -0.39 is 0 Å². The Morgan fingerprint density at radius 3 is 2.25 bits per heavy atom. The molecule has 6 nitrogen and oxygen atoms in total. The maximum atomic E-state index is 12.8. The van der Waals surface area contributed by atoms with Gasteiger partial charge in [0, 0.05) is 21.2 Å². The first-order valence-electron chi connectivity index (χ1n) is 11.0. The van der Waals surface area contributed by atoms with Gasteiger partial charge in [-0.05, 0) is 61.0 Å². The average molecular weight is 513 g/mol. The van der Waals surface area contributed by atoms with E-state index in [2.05, 4.69) is 11.1 Å². The third-order valence-corrected chi connectivity index (χ3v) is 6.21. The van der Waals surface area contributed by atoms with E-state index in [1.165, 1.54) is 0 Å². The molecule has 0 aliphatic heterocycles. The number of aryl methyl sites for hydroxylation is 1. The minimum absolute atomic E-state index is 0.0503. The summed E-state index contributed by atoms with van der Waals surface area (Å²) in [6.07, 6.45) is 0. The van der Waals surface area contributed by atoms with Crippen LogP contribution in [0.5, 0.6) is 5.88 Å². The second kappa shape index (κ2) is 9.82. The Kier molecular flexibility index (Phi) is 6.43. The van der Waals surface area contributed by atoms with Crippen molar-refractivity contribution >= 4 is 40.0 Å². The monoisotopic (exact) mass is 512 g/mol. The van der Waals surface area contributed by atoms with Crippen molar-refractivity contribution in [2.24, 2.45) is 0 Å². The molecule has 0 aliphatic rings. The fraction of sp³-hybridized carbons (Fsp3) is 0.0714. The first-order valence-corrected chi connectivity index (χ1v) is 11.8. The highest BCUT2D eigenvalue weighted by Crippen LogP contribution is 2.38. The van der Waals surface area contributed by atoms with Gasteiger partial charge in [0.2, 0.25) is 5.88 Å². The Morgan fingerprint density at radius 1 is 0.972 bits per heavy atom. The molecule has 5 aromatic rings. The maximum absolute atomic E-state index is 12.8. The second-order valence-electron chi connectivity index (χ2n) is 8.04. The molecule has 3 aromatic carbocycles. The van der Waals surface area contributed by atoms with Gasteiger partial charge in [0.15, 0.2) is 18.0 Å². The molecular formula is C28H18Cl2N4O2. The Morgan fingerprint density at radius 2 is 1.61 bits per heavy atom. The number of hydrogen-bond donors (Lipinski definition) is 0. The Labute approximate surface area is 217 Å². The molecule has 0 aliphatic carbocycles. The SMILES string of the molecule is Cc1nn(-c2ccccc2)c2nc(OCC(=O)c3ccc(Cl)cc3)c(C#N)c(-c3ccc(Cl)cc3)c12. The molecule has 8 heteroatoms. The molecule has 0 saturated heterocycles. The topological polar surface area (TPSA) is 80.8 Å². The van der Waals surface area contributed by atoms with E-state index in [1.807, 2.05) is 49.4 Å². The van der Waals surface area contributed by atoms with E-state index in [9.17, 15) is 10.1 Å². The number of hydrogen-bond acceptors (Lipinski definition) is 5. The number of pyridine rings is 1. The molecule has 0 radical (unpaired) electrons. The summed E-state index contributed by atoms with van der Waals surface area (Å²) in [6.45, 7) is 1.57. The first-order chi connectivity index (χ1) is 17.5. The van der Waals surface area contributed by atoms with Crippen LogP contribution in [-0.4, -0.2) is 27.2 Å². The summed E-state index contributed by atoms with van der Waals surface area (Å²) in [7, 11) is 0. The number of aromatic nitrogens is 3.